The first-order valence-corrected chi connectivity index (χ1v) is 7.11. The standard InChI is InChI=1S/C14H18BrN3O/c1-3-8-19-12-6-4-11(5-7-12)9-18-14(16)13(15)10(2)17-18/h4-7H,3,8-9,16H2,1-2H3. The maximum absolute atomic E-state index is 5.98. The Kier molecular flexibility index (Phi) is 4.47. The molecule has 0 atom stereocenters. The van der Waals surface area contributed by atoms with Gasteiger partial charge in [0.2, 0.25) is 0 Å². The Morgan fingerprint density at radius 1 is 1.32 bits per heavy atom. The van der Waals surface area contributed by atoms with E-state index in [1.54, 1.807) is 4.68 Å². The zero-order valence-electron chi connectivity index (χ0n) is 11.2. The molecule has 0 aliphatic heterocycles. The van der Waals surface area contributed by atoms with Crippen LogP contribution in [0.5, 0.6) is 5.75 Å². The molecule has 1 aromatic carbocycles. The van der Waals surface area contributed by atoms with E-state index in [0.717, 1.165) is 34.5 Å². The van der Waals surface area contributed by atoms with Crippen molar-refractivity contribution in [2.45, 2.75) is 26.8 Å². The zero-order valence-corrected chi connectivity index (χ0v) is 12.8. The molecule has 0 saturated heterocycles. The van der Waals surface area contributed by atoms with E-state index in [0.29, 0.717) is 12.4 Å². The fourth-order valence-corrected chi connectivity index (χ4v) is 2.07. The summed E-state index contributed by atoms with van der Waals surface area (Å²) < 4.78 is 8.22. The monoisotopic (exact) mass is 323 g/mol. The first-order valence-electron chi connectivity index (χ1n) is 6.32. The highest BCUT2D eigenvalue weighted by Gasteiger charge is 2.09. The fraction of sp³-hybridized carbons (Fsp3) is 0.357. The van der Waals surface area contributed by atoms with Gasteiger partial charge in [0.05, 0.1) is 23.3 Å². The third-order valence-corrected chi connectivity index (χ3v) is 3.80. The van der Waals surface area contributed by atoms with E-state index < -0.39 is 0 Å². The average Bonchev–Trinajstić information content (AvgIpc) is 2.66. The van der Waals surface area contributed by atoms with Crippen LogP contribution in [0.3, 0.4) is 0 Å². The van der Waals surface area contributed by atoms with Gasteiger partial charge in [-0.1, -0.05) is 19.1 Å². The summed E-state index contributed by atoms with van der Waals surface area (Å²) in [6.45, 7) is 5.43. The summed E-state index contributed by atoms with van der Waals surface area (Å²) in [5, 5.41) is 4.39. The number of nitrogen functional groups attached to an aromatic ring is 1. The molecule has 0 saturated carbocycles. The number of nitrogens with two attached hydrogens (primary N) is 1. The summed E-state index contributed by atoms with van der Waals surface area (Å²) in [6, 6.07) is 8.03. The molecule has 2 N–H and O–H groups in total. The van der Waals surface area contributed by atoms with E-state index in [2.05, 4.69) is 28.0 Å². The summed E-state index contributed by atoms with van der Waals surface area (Å²) in [5.41, 5.74) is 8.02. The summed E-state index contributed by atoms with van der Waals surface area (Å²) in [7, 11) is 0. The molecule has 0 fully saturated rings. The Balaban J connectivity index is 2.08. The van der Waals surface area contributed by atoms with Crippen molar-refractivity contribution in [1.82, 2.24) is 9.78 Å². The number of benzene rings is 1. The SMILES string of the molecule is CCCOc1ccc(Cn2nc(C)c(Br)c2N)cc1. The van der Waals surface area contributed by atoms with Crippen molar-refractivity contribution in [1.29, 1.82) is 0 Å². The van der Waals surface area contributed by atoms with Gasteiger partial charge in [-0.2, -0.15) is 5.10 Å². The maximum Gasteiger partial charge on any atom is 0.136 e. The number of hydrogen-bond donors (Lipinski definition) is 1. The predicted octanol–water partition coefficient (Wildman–Crippen LogP) is 3.37. The van der Waals surface area contributed by atoms with Crippen LogP contribution in [0, 0.1) is 6.92 Å². The number of hydrogen-bond acceptors (Lipinski definition) is 3. The van der Waals surface area contributed by atoms with E-state index in [-0.39, 0.29) is 0 Å². The molecule has 0 bridgehead atoms. The minimum absolute atomic E-state index is 0.656. The van der Waals surface area contributed by atoms with Gasteiger partial charge in [0.25, 0.3) is 0 Å². The van der Waals surface area contributed by atoms with E-state index in [1.165, 1.54) is 0 Å². The van der Waals surface area contributed by atoms with Crippen molar-refractivity contribution in [3.63, 3.8) is 0 Å². The second-order valence-electron chi connectivity index (χ2n) is 4.43. The Morgan fingerprint density at radius 3 is 2.53 bits per heavy atom. The van der Waals surface area contributed by atoms with E-state index in [4.69, 9.17) is 10.5 Å². The van der Waals surface area contributed by atoms with Crippen molar-refractivity contribution < 1.29 is 4.74 Å². The molecule has 19 heavy (non-hydrogen) atoms. The molecule has 2 aromatic rings. The molecular formula is C14H18BrN3O. The number of halogens is 1. The van der Waals surface area contributed by atoms with Crippen molar-refractivity contribution in [3.05, 3.63) is 40.0 Å². The molecular weight excluding hydrogens is 306 g/mol. The number of ether oxygens (including phenoxy) is 1. The Labute approximate surface area is 121 Å². The molecule has 102 valence electrons. The highest BCUT2D eigenvalue weighted by Crippen LogP contribution is 2.24. The summed E-state index contributed by atoms with van der Waals surface area (Å²) in [5.74, 6) is 1.56. The van der Waals surface area contributed by atoms with Crippen LogP contribution in [-0.2, 0) is 6.54 Å². The first kappa shape index (κ1) is 13.9. The van der Waals surface area contributed by atoms with Crippen LogP contribution in [0.15, 0.2) is 28.7 Å². The van der Waals surface area contributed by atoms with Gasteiger partial charge >= 0.3 is 0 Å². The smallest absolute Gasteiger partial charge is 0.136 e. The average molecular weight is 324 g/mol. The molecule has 5 heteroatoms. The third kappa shape index (κ3) is 3.29. The molecule has 0 aliphatic carbocycles. The minimum atomic E-state index is 0.656. The molecule has 1 aromatic heterocycles. The van der Waals surface area contributed by atoms with Gasteiger partial charge in [-0.05, 0) is 47.0 Å². The van der Waals surface area contributed by atoms with E-state index >= 15 is 0 Å². The van der Waals surface area contributed by atoms with E-state index in [9.17, 15) is 0 Å². The second kappa shape index (κ2) is 6.10. The van der Waals surface area contributed by atoms with Crippen LogP contribution in [0.2, 0.25) is 0 Å². The lowest BCUT2D eigenvalue weighted by Gasteiger charge is -2.07. The highest BCUT2D eigenvalue weighted by atomic mass is 79.9. The van der Waals surface area contributed by atoms with Gasteiger partial charge < -0.3 is 10.5 Å². The van der Waals surface area contributed by atoms with Crippen molar-refractivity contribution in [2.75, 3.05) is 12.3 Å². The maximum atomic E-state index is 5.98. The molecule has 4 nitrogen and oxygen atoms in total. The largest absolute Gasteiger partial charge is 0.494 e. The van der Waals surface area contributed by atoms with Gasteiger partial charge in [0, 0.05) is 0 Å². The Hall–Kier alpha value is -1.49. The lowest BCUT2D eigenvalue weighted by Crippen LogP contribution is -2.06. The molecule has 1 heterocycles. The molecule has 0 amide bonds. The molecule has 0 aliphatic rings. The number of aromatic nitrogens is 2. The molecule has 0 unspecified atom stereocenters. The zero-order chi connectivity index (χ0) is 13.8. The lowest BCUT2D eigenvalue weighted by atomic mass is 10.2. The fourth-order valence-electron chi connectivity index (χ4n) is 1.78. The normalized spacial score (nSPS) is 10.7. The van der Waals surface area contributed by atoms with Gasteiger partial charge in [0.15, 0.2) is 0 Å². The van der Waals surface area contributed by atoms with Crippen LogP contribution in [0.25, 0.3) is 0 Å². The third-order valence-electron chi connectivity index (χ3n) is 2.82. The number of anilines is 1. The Bertz CT molecular complexity index is 549. The predicted molar refractivity (Wildman–Crippen MR) is 80.4 cm³/mol. The van der Waals surface area contributed by atoms with Crippen LogP contribution in [-0.4, -0.2) is 16.4 Å². The molecule has 0 radical (unpaired) electrons. The Morgan fingerprint density at radius 2 is 2.00 bits per heavy atom. The van der Waals surface area contributed by atoms with Crippen LogP contribution in [0.1, 0.15) is 24.6 Å². The van der Waals surface area contributed by atoms with Crippen molar-refractivity contribution in [2.24, 2.45) is 0 Å². The van der Waals surface area contributed by atoms with Gasteiger partial charge in [-0.15, -0.1) is 0 Å². The van der Waals surface area contributed by atoms with Crippen molar-refractivity contribution >= 4 is 21.7 Å². The second-order valence-corrected chi connectivity index (χ2v) is 5.23. The van der Waals surface area contributed by atoms with Crippen LogP contribution < -0.4 is 10.5 Å². The summed E-state index contributed by atoms with van der Waals surface area (Å²) in [6.07, 6.45) is 1.01. The highest BCUT2D eigenvalue weighted by molar-refractivity contribution is 9.10. The topological polar surface area (TPSA) is 53.1 Å². The summed E-state index contributed by atoms with van der Waals surface area (Å²) in [4.78, 5) is 0. The summed E-state index contributed by atoms with van der Waals surface area (Å²) >= 11 is 3.43. The van der Waals surface area contributed by atoms with Gasteiger partial charge in [0.1, 0.15) is 11.6 Å². The number of aryl methyl sites for hydroxylation is 1. The molecule has 2 rings (SSSR count). The van der Waals surface area contributed by atoms with Crippen LogP contribution in [0.4, 0.5) is 5.82 Å². The van der Waals surface area contributed by atoms with Gasteiger partial charge in [-0.25, -0.2) is 4.68 Å². The molecule has 0 spiro atoms. The number of rotatable bonds is 5. The first-order chi connectivity index (χ1) is 9.11. The van der Waals surface area contributed by atoms with Crippen LogP contribution >= 0.6 is 15.9 Å². The number of nitrogens with zero attached hydrogens (tertiary/aromatic N) is 2. The minimum Gasteiger partial charge on any atom is -0.494 e. The lowest BCUT2D eigenvalue weighted by molar-refractivity contribution is 0.317. The van der Waals surface area contributed by atoms with E-state index in [1.807, 2.05) is 31.2 Å². The van der Waals surface area contributed by atoms with Crippen molar-refractivity contribution in [3.8, 4) is 5.75 Å². The van der Waals surface area contributed by atoms with Gasteiger partial charge in [-0.3, -0.25) is 0 Å². The quantitative estimate of drug-likeness (QED) is 0.917.